The maximum atomic E-state index is 8.85. The van der Waals surface area contributed by atoms with Crippen LogP contribution in [-0.2, 0) is 9.47 Å². The topological polar surface area (TPSA) is 58.9 Å². The van der Waals surface area contributed by atoms with Crippen LogP contribution in [0.1, 0.15) is 6.42 Å². The lowest BCUT2D eigenvalue weighted by atomic mass is 10.3. The van der Waals surface area contributed by atoms with Crippen molar-refractivity contribution < 1.29 is 19.7 Å². The Hall–Kier alpha value is -0.160. The first kappa shape index (κ1) is 6.95. The van der Waals surface area contributed by atoms with Crippen LogP contribution in [0.2, 0.25) is 0 Å². The molecule has 54 valence electrons. The highest BCUT2D eigenvalue weighted by molar-refractivity contribution is 4.69. The van der Waals surface area contributed by atoms with Crippen LogP contribution in [0, 0.1) is 0 Å². The third kappa shape index (κ3) is 1.40. The zero-order valence-electron chi connectivity index (χ0n) is 5.15. The van der Waals surface area contributed by atoms with Gasteiger partial charge in [0, 0.05) is 13.5 Å². The number of hydrogen-bond acceptors (Lipinski definition) is 4. The maximum Gasteiger partial charge on any atom is 0.184 e. The Kier molecular flexibility index (Phi) is 2.02. The highest BCUT2D eigenvalue weighted by Gasteiger charge is 2.32. The van der Waals surface area contributed by atoms with Crippen LogP contribution in [0.4, 0.5) is 0 Å². The molecule has 0 saturated carbocycles. The van der Waals surface area contributed by atoms with E-state index in [1.54, 1.807) is 0 Å². The first-order chi connectivity index (χ1) is 4.24. The molecule has 9 heavy (non-hydrogen) atoms. The number of ether oxygens (including phenoxy) is 2. The Morgan fingerprint density at radius 1 is 1.56 bits per heavy atom. The van der Waals surface area contributed by atoms with Crippen molar-refractivity contribution in [2.24, 2.45) is 0 Å². The van der Waals surface area contributed by atoms with E-state index in [0.29, 0.717) is 6.42 Å². The molecule has 0 amide bonds. The van der Waals surface area contributed by atoms with Crippen molar-refractivity contribution in [3.8, 4) is 0 Å². The lowest BCUT2D eigenvalue weighted by molar-refractivity contribution is -0.178. The van der Waals surface area contributed by atoms with Gasteiger partial charge < -0.3 is 19.7 Å². The van der Waals surface area contributed by atoms with Gasteiger partial charge in [-0.3, -0.25) is 0 Å². The van der Waals surface area contributed by atoms with E-state index in [1.165, 1.54) is 7.11 Å². The largest absolute Gasteiger partial charge is 0.376 e. The molecule has 0 radical (unpaired) electrons. The van der Waals surface area contributed by atoms with Gasteiger partial charge in [-0.05, 0) is 0 Å². The molecular weight excluding hydrogens is 124 g/mol. The summed E-state index contributed by atoms with van der Waals surface area (Å²) in [5.41, 5.74) is 0. The second-order valence-electron chi connectivity index (χ2n) is 1.99. The van der Waals surface area contributed by atoms with Crippen LogP contribution in [-0.4, -0.2) is 36.0 Å². The van der Waals surface area contributed by atoms with Crippen LogP contribution < -0.4 is 0 Å². The van der Waals surface area contributed by atoms with Crippen LogP contribution in [0.5, 0.6) is 0 Å². The molecule has 1 saturated heterocycles. The molecule has 1 rings (SSSR count). The van der Waals surface area contributed by atoms with Gasteiger partial charge in [0.15, 0.2) is 12.6 Å². The second kappa shape index (κ2) is 2.62. The summed E-state index contributed by atoms with van der Waals surface area (Å²) in [5.74, 6) is 0. The average Bonchev–Trinajstić information content (AvgIpc) is 2.10. The number of methoxy groups -OCH3 is 1. The fourth-order valence-electron chi connectivity index (χ4n) is 0.832. The Labute approximate surface area is 53.0 Å². The fraction of sp³-hybridized carbons (Fsp3) is 1.00. The zero-order valence-corrected chi connectivity index (χ0v) is 5.15. The third-order valence-electron chi connectivity index (χ3n) is 1.35. The molecule has 4 heteroatoms. The van der Waals surface area contributed by atoms with E-state index in [1.807, 2.05) is 0 Å². The first-order valence-corrected chi connectivity index (χ1v) is 2.78. The van der Waals surface area contributed by atoms with Crippen LogP contribution in [0.15, 0.2) is 0 Å². The molecular formula is C5H10O4. The Morgan fingerprint density at radius 3 is 2.44 bits per heavy atom. The molecule has 0 aromatic rings. The van der Waals surface area contributed by atoms with Crippen molar-refractivity contribution in [3.63, 3.8) is 0 Å². The summed E-state index contributed by atoms with van der Waals surface area (Å²) in [6.07, 6.45) is -1.87. The minimum absolute atomic E-state index is 0.345. The maximum absolute atomic E-state index is 8.85. The van der Waals surface area contributed by atoms with Gasteiger partial charge in [0.2, 0.25) is 0 Å². The number of aliphatic hydroxyl groups excluding tert-OH is 2. The molecule has 3 atom stereocenters. The van der Waals surface area contributed by atoms with Crippen LogP contribution in [0.25, 0.3) is 0 Å². The highest BCUT2D eigenvalue weighted by atomic mass is 16.7. The summed E-state index contributed by atoms with van der Waals surface area (Å²) in [7, 11) is 1.47. The number of hydrogen-bond donors (Lipinski definition) is 2. The SMILES string of the molecule is COC1C[C@H](O)O[C@@H]1O. The van der Waals surface area contributed by atoms with Crippen molar-refractivity contribution in [2.45, 2.75) is 25.1 Å². The van der Waals surface area contributed by atoms with Crippen molar-refractivity contribution in [3.05, 3.63) is 0 Å². The van der Waals surface area contributed by atoms with Crippen molar-refractivity contribution in [2.75, 3.05) is 7.11 Å². The van der Waals surface area contributed by atoms with Gasteiger partial charge in [0.05, 0.1) is 0 Å². The molecule has 0 bridgehead atoms. The van der Waals surface area contributed by atoms with Gasteiger partial charge in [0.25, 0.3) is 0 Å². The molecule has 4 nitrogen and oxygen atoms in total. The standard InChI is InChI=1S/C5H10O4/c1-8-3-2-4(6)9-5(3)7/h3-7H,2H2,1H3/t3?,4-,5+/m1/s1. The minimum Gasteiger partial charge on any atom is -0.376 e. The molecule has 2 N–H and O–H groups in total. The number of rotatable bonds is 1. The van der Waals surface area contributed by atoms with E-state index in [0.717, 1.165) is 0 Å². The van der Waals surface area contributed by atoms with Gasteiger partial charge in [-0.1, -0.05) is 0 Å². The number of aliphatic hydroxyl groups is 2. The average molecular weight is 134 g/mol. The molecule has 0 aliphatic carbocycles. The lowest BCUT2D eigenvalue weighted by Crippen LogP contribution is -2.21. The smallest absolute Gasteiger partial charge is 0.184 e. The predicted molar refractivity (Wildman–Crippen MR) is 28.5 cm³/mol. The van der Waals surface area contributed by atoms with Crippen molar-refractivity contribution in [1.29, 1.82) is 0 Å². The molecule has 0 spiro atoms. The van der Waals surface area contributed by atoms with Gasteiger partial charge in [-0.15, -0.1) is 0 Å². The Bertz CT molecular complexity index is 95.0. The second-order valence-corrected chi connectivity index (χ2v) is 1.99. The third-order valence-corrected chi connectivity index (χ3v) is 1.35. The Balaban J connectivity index is 2.38. The van der Waals surface area contributed by atoms with Crippen molar-refractivity contribution >= 4 is 0 Å². The van der Waals surface area contributed by atoms with E-state index in [2.05, 4.69) is 4.74 Å². The van der Waals surface area contributed by atoms with E-state index in [9.17, 15) is 0 Å². The summed E-state index contributed by atoms with van der Waals surface area (Å²) >= 11 is 0. The summed E-state index contributed by atoms with van der Waals surface area (Å²) in [5, 5.41) is 17.6. The normalized spacial score (nSPS) is 43.7. The Morgan fingerprint density at radius 2 is 2.22 bits per heavy atom. The highest BCUT2D eigenvalue weighted by Crippen LogP contribution is 2.18. The molecule has 0 aromatic heterocycles. The molecule has 1 aliphatic heterocycles. The molecule has 1 aliphatic rings. The van der Waals surface area contributed by atoms with Crippen molar-refractivity contribution in [1.82, 2.24) is 0 Å². The van der Waals surface area contributed by atoms with Gasteiger partial charge in [-0.2, -0.15) is 0 Å². The first-order valence-electron chi connectivity index (χ1n) is 2.78. The van der Waals surface area contributed by atoms with Gasteiger partial charge in [0.1, 0.15) is 6.10 Å². The molecule has 1 fully saturated rings. The van der Waals surface area contributed by atoms with Crippen LogP contribution in [0.3, 0.4) is 0 Å². The summed E-state index contributed by atoms with van der Waals surface area (Å²) in [4.78, 5) is 0. The summed E-state index contributed by atoms with van der Waals surface area (Å²) < 4.78 is 9.31. The minimum atomic E-state index is -0.968. The lowest BCUT2D eigenvalue weighted by Gasteiger charge is -2.08. The monoisotopic (exact) mass is 134 g/mol. The van der Waals surface area contributed by atoms with Gasteiger partial charge in [-0.25, -0.2) is 0 Å². The van der Waals surface area contributed by atoms with E-state index < -0.39 is 12.6 Å². The fourth-order valence-corrected chi connectivity index (χ4v) is 0.832. The quantitative estimate of drug-likeness (QED) is 0.486. The van der Waals surface area contributed by atoms with E-state index >= 15 is 0 Å². The molecule has 1 heterocycles. The molecule has 1 unspecified atom stereocenters. The molecule has 0 aromatic carbocycles. The summed E-state index contributed by atoms with van der Waals surface area (Å²) in [6.45, 7) is 0. The summed E-state index contributed by atoms with van der Waals surface area (Å²) in [6, 6.07) is 0. The van der Waals surface area contributed by atoms with Gasteiger partial charge >= 0.3 is 0 Å². The van der Waals surface area contributed by atoms with E-state index in [-0.39, 0.29) is 6.10 Å². The van der Waals surface area contributed by atoms with E-state index in [4.69, 9.17) is 14.9 Å². The van der Waals surface area contributed by atoms with Crippen LogP contribution >= 0.6 is 0 Å². The predicted octanol–water partition coefficient (Wildman–Crippen LogP) is -0.942. The zero-order chi connectivity index (χ0) is 6.85.